The van der Waals surface area contributed by atoms with Crippen LogP contribution >= 0.6 is 22.6 Å². The topological polar surface area (TPSA) is 20.3 Å². The lowest BCUT2D eigenvalue weighted by Crippen LogP contribution is -2.38. The van der Waals surface area contributed by atoms with Gasteiger partial charge in [0.05, 0.1) is 5.56 Å². The van der Waals surface area contributed by atoms with Crippen LogP contribution in [0.25, 0.3) is 0 Å². The van der Waals surface area contributed by atoms with Gasteiger partial charge in [-0.15, -0.1) is 0 Å². The molecule has 0 fully saturated rings. The molecule has 0 aliphatic carbocycles. The number of carbonyl (C=O) groups excluding carboxylic acids is 1. The van der Waals surface area contributed by atoms with Crippen LogP contribution < -0.4 is 0 Å². The maximum Gasteiger partial charge on any atom is 0.255 e. The SMILES string of the molecule is CCC(C)N(CC)C(=O)c1ccccc1I. The predicted octanol–water partition coefficient (Wildman–Crippen LogP) is 3.55. The third-order valence-electron chi connectivity index (χ3n) is 2.83. The Balaban J connectivity index is 2.96. The Labute approximate surface area is 111 Å². The van der Waals surface area contributed by atoms with Crippen LogP contribution in [0.4, 0.5) is 0 Å². The summed E-state index contributed by atoms with van der Waals surface area (Å²) in [5.41, 5.74) is 0.810. The van der Waals surface area contributed by atoms with E-state index in [2.05, 4.69) is 36.4 Å². The predicted molar refractivity (Wildman–Crippen MR) is 75.6 cm³/mol. The highest BCUT2D eigenvalue weighted by Gasteiger charge is 2.19. The zero-order chi connectivity index (χ0) is 12.1. The fourth-order valence-electron chi connectivity index (χ4n) is 1.67. The van der Waals surface area contributed by atoms with Crippen molar-refractivity contribution in [2.45, 2.75) is 33.2 Å². The van der Waals surface area contributed by atoms with Crippen LogP contribution in [0.5, 0.6) is 0 Å². The first-order valence-corrected chi connectivity index (χ1v) is 6.75. The largest absolute Gasteiger partial charge is 0.336 e. The fraction of sp³-hybridized carbons (Fsp3) is 0.462. The van der Waals surface area contributed by atoms with Gasteiger partial charge < -0.3 is 4.90 Å². The summed E-state index contributed by atoms with van der Waals surface area (Å²) in [6, 6.07) is 8.04. The summed E-state index contributed by atoms with van der Waals surface area (Å²) < 4.78 is 1.02. The van der Waals surface area contributed by atoms with Gasteiger partial charge in [-0.1, -0.05) is 19.1 Å². The van der Waals surface area contributed by atoms with E-state index in [9.17, 15) is 4.79 Å². The van der Waals surface area contributed by atoms with Crippen molar-refractivity contribution in [3.63, 3.8) is 0 Å². The Bertz CT molecular complexity index is 365. The summed E-state index contributed by atoms with van der Waals surface area (Å²) in [6.45, 7) is 6.99. The standard InChI is InChI=1S/C13H18INO/c1-4-10(3)15(5-2)13(16)11-8-6-7-9-12(11)14/h6-10H,4-5H2,1-3H3. The second-order valence-corrected chi connectivity index (χ2v) is 4.99. The first-order chi connectivity index (χ1) is 7.61. The van der Waals surface area contributed by atoms with Gasteiger partial charge in [0.2, 0.25) is 0 Å². The maximum absolute atomic E-state index is 12.3. The molecule has 0 aliphatic heterocycles. The molecule has 0 heterocycles. The molecule has 16 heavy (non-hydrogen) atoms. The van der Waals surface area contributed by atoms with Gasteiger partial charge >= 0.3 is 0 Å². The number of halogens is 1. The molecule has 1 aromatic carbocycles. The van der Waals surface area contributed by atoms with Crippen LogP contribution in [0.15, 0.2) is 24.3 Å². The zero-order valence-corrected chi connectivity index (χ0v) is 12.2. The molecular weight excluding hydrogens is 313 g/mol. The zero-order valence-electron chi connectivity index (χ0n) is 10.0. The Hall–Kier alpha value is -0.580. The highest BCUT2D eigenvalue weighted by Crippen LogP contribution is 2.16. The van der Waals surface area contributed by atoms with Crippen molar-refractivity contribution in [3.05, 3.63) is 33.4 Å². The summed E-state index contributed by atoms with van der Waals surface area (Å²) in [6.07, 6.45) is 0.989. The number of hydrogen-bond acceptors (Lipinski definition) is 1. The Morgan fingerprint density at radius 1 is 1.38 bits per heavy atom. The lowest BCUT2D eigenvalue weighted by Gasteiger charge is -2.27. The van der Waals surface area contributed by atoms with Gasteiger partial charge in [-0.3, -0.25) is 4.79 Å². The Morgan fingerprint density at radius 3 is 2.50 bits per heavy atom. The smallest absolute Gasteiger partial charge is 0.255 e. The Kier molecular flexibility index (Phi) is 5.25. The van der Waals surface area contributed by atoms with E-state index in [0.717, 1.165) is 22.1 Å². The van der Waals surface area contributed by atoms with E-state index in [1.54, 1.807) is 0 Å². The molecule has 1 atom stereocenters. The highest BCUT2D eigenvalue weighted by atomic mass is 127. The molecule has 0 saturated carbocycles. The number of amides is 1. The van der Waals surface area contributed by atoms with Gasteiger partial charge in [0, 0.05) is 16.2 Å². The van der Waals surface area contributed by atoms with Crippen molar-refractivity contribution in [2.24, 2.45) is 0 Å². The van der Waals surface area contributed by atoms with Crippen molar-refractivity contribution < 1.29 is 4.79 Å². The summed E-state index contributed by atoms with van der Waals surface area (Å²) in [4.78, 5) is 14.2. The molecule has 0 aromatic heterocycles. The van der Waals surface area contributed by atoms with E-state index in [1.807, 2.05) is 36.1 Å². The molecule has 1 rings (SSSR count). The molecule has 0 aliphatic rings. The van der Waals surface area contributed by atoms with Crippen LogP contribution in [0.3, 0.4) is 0 Å². The van der Waals surface area contributed by atoms with Crippen LogP contribution in [-0.4, -0.2) is 23.4 Å². The molecule has 3 heteroatoms. The third-order valence-corrected chi connectivity index (χ3v) is 3.77. The average Bonchev–Trinajstić information content (AvgIpc) is 2.30. The van der Waals surface area contributed by atoms with Crippen molar-refractivity contribution in [3.8, 4) is 0 Å². The van der Waals surface area contributed by atoms with Crippen LogP contribution in [0.1, 0.15) is 37.6 Å². The monoisotopic (exact) mass is 331 g/mol. The molecule has 1 amide bonds. The summed E-state index contributed by atoms with van der Waals surface area (Å²) in [7, 11) is 0. The Morgan fingerprint density at radius 2 is 2.00 bits per heavy atom. The van der Waals surface area contributed by atoms with E-state index in [4.69, 9.17) is 0 Å². The van der Waals surface area contributed by atoms with Gasteiger partial charge in [0.15, 0.2) is 0 Å². The fourth-order valence-corrected chi connectivity index (χ4v) is 2.28. The molecule has 1 unspecified atom stereocenters. The second-order valence-electron chi connectivity index (χ2n) is 3.83. The van der Waals surface area contributed by atoms with Crippen LogP contribution in [-0.2, 0) is 0 Å². The molecule has 88 valence electrons. The van der Waals surface area contributed by atoms with Crippen LogP contribution in [0.2, 0.25) is 0 Å². The summed E-state index contributed by atoms with van der Waals surface area (Å²) in [5.74, 6) is 0.141. The summed E-state index contributed by atoms with van der Waals surface area (Å²) >= 11 is 2.21. The van der Waals surface area contributed by atoms with Gasteiger partial charge in [0.25, 0.3) is 5.91 Å². The molecule has 1 aromatic rings. The lowest BCUT2D eigenvalue weighted by atomic mass is 10.1. The molecule has 0 spiro atoms. The highest BCUT2D eigenvalue weighted by molar-refractivity contribution is 14.1. The molecule has 0 N–H and O–H groups in total. The van der Waals surface area contributed by atoms with Crippen LogP contribution in [0, 0.1) is 3.57 Å². The van der Waals surface area contributed by atoms with Crippen molar-refractivity contribution in [2.75, 3.05) is 6.54 Å². The van der Waals surface area contributed by atoms with Gasteiger partial charge in [-0.05, 0) is 55.0 Å². The van der Waals surface area contributed by atoms with E-state index < -0.39 is 0 Å². The lowest BCUT2D eigenvalue weighted by molar-refractivity contribution is 0.0699. The number of carbonyl (C=O) groups is 1. The van der Waals surface area contributed by atoms with E-state index in [0.29, 0.717) is 6.04 Å². The molecule has 2 nitrogen and oxygen atoms in total. The van der Waals surface area contributed by atoms with Gasteiger partial charge in [0.1, 0.15) is 0 Å². The van der Waals surface area contributed by atoms with Gasteiger partial charge in [-0.2, -0.15) is 0 Å². The molecule has 0 saturated heterocycles. The molecular formula is C13H18INO. The minimum absolute atomic E-state index is 0.141. The number of nitrogens with zero attached hydrogens (tertiary/aromatic N) is 1. The number of hydrogen-bond donors (Lipinski definition) is 0. The first kappa shape index (κ1) is 13.5. The minimum Gasteiger partial charge on any atom is -0.336 e. The summed E-state index contributed by atoms with van der Waals surface area (Å²) in [5, 5.41) is 0. The molecule has 0 bridgehead atoms. The maximum atomic E-state index is 12.3. The molecule has 0 radical (unpaired) electrons. The normalized spacial score (nSPS) is 12.2. The van der Waals surface area contributed by atoms with Crippen molar-refractivity contribution in [1.29, 1.82) is 0 Å². The number of benzene rings is 1. The van der Waals surface area contributed by atoms with Crippen molar-refractivity contribution >= 4 is 28.5 Å². The first-order valence-electron chi connectivity index (χ1n) is 5.67. The van der Waals surface area contributed by atoms with E-state index in [1.165, 1.54) is 0 Å². The number of rotatable bonds is 4. The third kappa shape index (κ3) is 2.97. The average molecular weight is 331 g/mol. The van der Waals surface area contributed by atoms with E-state index in [-0.39, 0.29) is 5.91 Å². The quantitative estimate of drug-likeness (QED) is 0.773. The van der Waals surface area contributed by atoms with Crippen molar-refractivity contribution in [1.82, 2.24) is 4.90 Å². The minimum atomic E-state index is 0.141. The van der Waals surface area contributed by atoms with E-state index >= 15 is 0 Å². The van der Waals surface area contributed by atoms with Gasteiger partial charge in [-0.25, -0.2) is 0 Å². The second kappa shape index (κ2) is 6.23.